The number of pyridine rings is 1. The van der Waals surface area contributed by atoms with E-state index in [0.29, 0.717) is 30.9 Å². The molecule has 0 radical (unpaired) electrons. The minimum Gasteiger partial charge on any atom is -0.497 e. The first kappa shape index (κ1) is 23.2. The highest BCUT2D eigenvalue weighted by atomic mass is 32.2. The van der Waals surface area contributed by atoms with Gasteiger partial charge in [0.2, 0.25) is 0 Å². The number of piperidine rings is 1. The molecule has 3 heterocycles. The number of sulfonamides is 1. The van der Waals surface area contributed by atoms with Gasteiger partial charge in [0.25, 0.3) is 21.5 Å². The van der Waals surface area contributed by atoms with Crippen LogP contribution in [-0.2, 0) is 16.6 Å². The van der Waals surface area contributed by atoms with Gasteiger partial charge in [-0.25, -0.2) is 8.42 Å². The number of carbonyl (C=O) groups excluding carboxylic acids is 1. The van der Waals surface area contributed by atoms with Gasteiger partial charge in [0.15, 0.2) is 0 Å². The van der Waals surface area contributed by atoms with E-state index >= 15 is 0 Å². The van der Waals surface area contributed by atoms with Crippen molar-refractivity contribution >= 4 is 21.6 Å². The van der Waals surface area contributed by atoms with Crippen molar-refractivity contribution in [3.05, 3.63) is 87.8 Å². The van der Waals surface area contributed by atoms with Gasteiger partial charge in [-0.05, 0) is 67.8 Å². The SMILES string of the molecule is COc1ccc(C(=O)N2C[C@@H]3C[C@H](C2)c2ccc(NS(=O)(=O)c4ccc(C)cc4)c(=O)n2C3)cc1. The fraction of sp³-hybridized carbons (Fsp3) is 0.308. The first-order chi connectivity index (χ1) is 16.7. The quantitative estimate of drug-likeness (QED) is 0.589. The predicted molar refractivity (Wildman–Crippen MR) is 132 cm³/mol. The van der Waals surface area contributed by atoms with Gasteiger partial charge in [-0.1, -0.05) is 17.7 Å². The maximum absolute atomic E-state index is 13.2. The van der Waals surface area contributed by atoms with Crippen LogP contribution in [0.2, 0.25) is 0 Å². The van der Waals surface area contributed by atoms with Gasteiger partial charge in [0.05, 0.1) is 12.0 Å². The van der Waals surface area contributed by atoms with Gasteiger partial charge in [0.1, 0.15) is 11.4 Å². The van der Waals surface area contributed by atoms with Crippen molar-refractivity contribution in [3.63, 3.8) is 0 Å². The van der Waals surface area contributed by atoms with Crippen molar-refractivity contribution in [2.24, 2.45) is 5.92 Å². The zero-order chi connectivity index (χ0) is 24.7. The molecule has 3 aromatic rings. The van der Waals surface area contributed by atoms with E-state index in [1.807, 2.05) is 11.8 Å². The summed E-state index contributed by atoms with van der Waals surface area (Å²) in [6.45, 7) is 3.38. The molecule has 2 aliphatic rings. The summed E-state index contributed by atoms with van der Waals surface area (Å²) in [6, 6.07) is 16.9. The van der Waals surface area contributed by atoms with Crippen molar-refractivity contribution in [1.82, 2.24) is 9.47 Å². The minimum atomic E-state index is -3.88. The lowest BCUT2D eigenvalue weighted by Crippen LogP contribution is -2.49. The van der Waals surface area contributed by atoms with Crippen LogP contribution in [0.25, 0.3) is 0 Å². The monoisotopic (exact) mass is 493 g/mol. The molecule has 1 aromatic heterocycles. The van der Waals surface area contributed by atoms with E-state index in [-0.39, 0.29) is 33.9 Å². The summed E-state index contributed by atoms with van der Waals surface area (Å²) in [4.78, 5) is 28.3. The lowest BCUT2D eigenvalue weighted by atomic mass is 9.83. The molecule has 2 aliphatic heterocycles. The number of methoxy groups -OCH3 is 1. The van der Waals surface area contributed by atoms with Crippen LogP contribution in [0.4, 0.5) is 5.69 Å². The molecule has 182 valence electrons. The summed E-state index contributed by atoms with van der Waals surface area (Å²) in [5.74, 6) is 0.782. The van der Waals surface area contributed by atoms with E-state index in [0.717, 1.165) is 17.7 Å². The Morgan fingerprint density at radius 2 is 1.69 bits per heavy atom. The molecule has 0 aliphatic carbocycles. The Kier molecular flexibility index (Phi) is 5.88. The second-order valence-electron chi connectivity index (χ2n) is 9.24. The summed E-state index contributed by atoms with van der Waals surface area (Å²) < 4.78 is 34.9. The Labute approximate surface area is 204 Å². The highest BCUT2D eigenvalue weighted by molar-refractivity contribution is 7.92. The number of hydrogen-bond donors (Lipinski definition) is 1. The number of aryl methyl sites for hydroxylation is 1. The molecular formula is C26H27N3O5S. The largest absolute Gasteiger partial charge is 0.497 e. The van der Waals surface area contributed by atoms with E-state index < -0.39 is 10.0 Å². The molecule has 5 rings (SSSR count). The highest BCUT2D eigenvalue weighted by Crippen LogP contribution is 2.36. The topological polar surface area (TPSA) is 97.7 Å². The van der Waals surface area contributed by atoms with Gasteiger partial charge in [-0.15, -0.1) is 0 Å². The fourth-order valence-electron chi connectivity index (χ4n) is 5.03. The lowest BCUT2D eigenvalue weighted by molar-refractivity contribution is 0.0594. The van der Waals surface area contributed by atoms with Crippen LogP contribution < -0.4 is 15.0 Å². The molecule has 0 saturated carbocycles. The van der Waals surface area contributed by atoms with E-state index in [2.05, 4.69) is 4.72 Å². The van der Waals surface area contributed by atoms with Crippen LogP contribution in [0.15, 0.2) is 70.4 Å². The van der Waals surface area contributed by atoms with E-state index in [1.165, 1.54) is 18.2 Å². The van der Waals surface area contributed by atoms with Crippen LogP contribution in [0.5, 0.6) is 5.75 Å². The summed E-state index contributed by atoms with van der Waals surface area (Å²) in [7, 11) is -2.29. The molecule has 35 heavy (non-hydrogen) atoms. The third-order valence-electron chi connectivity index (χ3n) is 6.80. The van der Waals surface area contributed by atoms with Crippen LogP contribution in [0.3, 0.4) is 0 Å². The van der Waals surface area contributed by atoms with Crippen LogP contribution in [0.1, 0.15) is 34.0 Å². The second kappa shape index (κ2) is 8.88. The lowest BCUT2D eigenvalue weighted by Gasteiger charge is -2.43. The first-order valence-corrected chi connectivity index (χ1v) is 13.0. The Morgan fingerprint density at radius 3 is 2.37 bits per heavy atom. The average molecular weight is 494 g/mol. The van der Waals surface area contributed by atoms with E-state index in [9.17, 15) is 18.0 Å². The zero-order valence-corrected chi connectivity index (χ0v) is 20.4. The van der Waals surface area contributed by atoms with Crippen molar-refractivity contribution < 1.29 is 17.9 Å². The molecule has 9 heteroatoms. The number of likely N-dealkylation sites (tertiary alicyclic amines) is 1. The van der Waals surface area contributed by atoms with Crippen molar-refractivity contribution in [3.8, 4) is 5.75 Å². The second-order valence-corrected chi connectivity index (χ2v) is 10.9. The van der Waals surface area contributed by atoms with Gasteiger partial charge in [0, 0.05) is 36.8 Å². The zero-order valence-electron chi connectivity index (χ0n) is 19.6. The molecule has 0 unspecified atom stereocenters. The molecule has 2 atom stereocenters. The number of ether oxygens (including phenoxy) is 1. The normalized spacial score (nSPS) is 19.1. The minimum absolute atomic E-state index is 0.0140. The number of carbonyl (C=O) groups is 1. The van der Waals surface area contributed by atoms with Crippen molar-refractivity contribution in [2.75, 3.05) is 24.9 Å². The van der Waals surface area contributed by atoms with Crippen LogP contribution >= 0.6 is 0 Å². The molecule has 1 amide bonds. The molecule has 1 saturated heterocycles. The summed E-state index contributed by atoms with van der Waals surface area (Å²) in [5.41, 5.74) is 2.05. The number of nitrogens with zero attached hydrogens (tertiary/aromatic N) is 2. The maximum atomic E-state index is 13.2. The Balaban J connectivity index is 1.38. The smallest absolute Gasteiger partial charge is 0.275 e. The Bertz CT molecular complexity index is 1430. The van der Waals surface area contributed by atoms with Crippen molar-refractivity contribution in [2.45, 2.75) is 30.7 Å². The number of aromatic nitrogens is 1. The molecule has 8 nitrogen and oxygen atoms in total. The first-order valence-electron chi connectivity index (χ1n) is 11.5. The average Bonchev–Trinajstić information content (AvgIpc) is 2.85. The number of benzene rings is 2. The number of anilines is 1. The summed E-state index contributed by atoms with van der Waals surface area (Å²) in [6.07, 6.45) is 0.889. The number of amides is 1. The van der Waals surface area contributed by atoms with Gasteiger partial charge in [-0.3, -0.25) is 14.3 Å². The molecule has 2 bridgehead atoms. The van der Waals surface area contributed by atoms with Gasteiger partial charge in [-0.2, -0.15) is 0 Å². The molecular weight excluding hydrogens is 466 g/mol. The predicted octanol–water partition coefficient (Wildman–Crippen LogP) is 3.23. The Morgan fingerprint density at radius 1 is 0.971 bits per heavy atom. The fourth-order valence-corrected chi connectivity index (χ4v) is 6.08. The van der Waals surface area contributed by atoms with Crippen LogP contribution in [0, 0.1) is 12.8 Å². The number of fused-ring (bicyclic) bond motifs is 4. The molecule has 1 fully saturated rings. The van der Waals surface area contributed by atoms with Crippen molar-refractivity contribution in [1.29, 1.82) is 0 Å². The van der Waals surface area contributed by atoms with Gasteiger partial charge < -0.3 is 14.2 Å². The Hall–Kier alpha value is -3.59. The maximum Gasteiger partial charge on any atom is 0.275 e. The molecule has 1 N–H and O–H groups in total. The third-order valence-corrected chi connectivity index (χ3v) is 8.19. The van der Waals surface area contributed by atoms with E-state index in [4.69, 9.17) is 4.74 Å². The standard InChI is InChI=1S/C26H27N3O5S/c1-17-3-9-22(10-4-17)35(32,33)27-23-11-12-24-20-13-18(15-29(24)26(23)31)14-28(16-20)25(30)19-5-7-21(34-2)8-6-19/h3-12,18,20,27H,13-16H2,1-2H3/t18-,20+/m0/s1. The third kappa shape index (κ3) is 4.43. The molecule has 0 spiro atoms. The molecule has 2 aromatic carbocycles. The van der Waals surface area contributed by atoms with E-state index in [1.54, 1.807) is 54.1 Å². The highest BCUT2D eigenvalue weighted by Gasteiger charge is 2.37. The summed E-state index contributed by atoms with van der Waals surface area (Å²) >= 11 is 0. The number of rotatable bonds is 5. The van der Waals surface area contributed by atoms with Crippen LogP contribution in [-0.4, -0.2) is 44.0 Å². The summed E-state index contributed by atoms with van der Waals surface area (Å²) in [5, 5.41) is 0. The van der Waals surface area contributed by atoms with Gasteiger partial charge >= 0.3 is 0 Å². The number of nitrogens with one attached hydrogen (secondary N) is 1. The number of hydrogen-bond acceptors (Lipinski definition) is 5.